The summed E-state index contributed by atoms with van der Waals surface area (Å²) in [5.41, 5.74) is 0.906. The van der Waals surface area contributed by atoms with Gasteiger partial charge >= 0.3 is 0 Å². The molecular weight excluding hydrogens is 304 g/mol. The molecule has 1 aliphatic heterocycles. The molecule has 1 saturated heterocycles. The van der Waals surface area contributed by atoms with Crippen LogP contribution in [-0.2, 0) is 14.3 Å². The summed E-state index contributed by atoms with van der Waals surface area (Å²) in [5, 5.41) is 2.93. The molecule has 3 rings (SSSR count). The molecule has 0 bridgehead atoms. The van der Waals surface area contributed by atoms with Crippen molar-refractivity contribution >= 4 is 11.8 Å². The van der Waals surface area contributed by atoms with Crippen LogP contribution in [0.3, 0.4) is 0 Å². The molecule has 2 aliphatic rings. The van der Waals surface area contributed by atoms with Crippen molar-refractivity contribution in [2.45, 2.75) is 51.3 Å². The summed E-state index contributed by atoms with van der Waals surface area (Å²) in [6, 6.07) is 9.52. The SMILES string of the molecule is CC(C)CCN(C(=O)C1OCC(=O)NC1c1ccccc1)C1CC1. The maximum atomic E-state index is 13.1. The van der Waals surface area contributed by atoms with Gasteiger partial charge in [-0.1, -0.05) is 44.2 Å². The number of carbonyl (C=O) groups is 2. The lowest BCUT2D eigenvalue weighted by molar-refractivity contribution is -0.155. The van der Waals surface area contributed by atoms with Crippen LogP contribution in [-0.4, -0.2) is 42.0 Å². The first kappa shape index (κ1) is 17.0. The van der Waals surface area contributed by atoms with Crippen molar-refractivity contribution in [3.8, 4) is 0 Å². The van der Waals surface area contributed by atoms with Crippen molar-refractivity contribution in [3.63, 3.8) is 0 Å². The van der Waals surface area contributed by atoms with Crippen molar-refractivity contribution < 1.29 is 14.3 Å². The number of nitrogens with one attached hydrogen (secondary N) is 1. The largest absolute Gasteiger partial charge is 0.356 e. The van der Waals surface area contributed by atoms with Gasteiger partial charge in [-0.25, -0.2) is 0 Å². The van der Waals surface area contributed by atoms with Crippen LogP contribution in [0.25, 0.3) is 0 Å². The number of carbonyl (C=O) groups excluding carboxylic acids is 2. The zero-order valence-corrected chi connectivity index (χ0v) is 14.4. The van der Waals surface area contributed by atoms with Crippen molar-refractivity contribution in [1.29, 1.82) is 0 Å². The topological polar surface area (TPSA) is 58.6 Å². The second-order valence-corrected chi connectivity index (χ2v) is 7.13. The molecule has 2 unspecified atom stereocenters. The second kappa shape index (κ2) is 7.34. The molecule has 0 radical (unpaired) electrons. The molecule has 0 aromatic heterocycles. The summed E-state index contributed by atoms with van der Waals surface area (Å²) in [4.78, 5) is 26.9. The Kier molecular flexibility index (Phi) is 5.19. The van der Waals surface area contributed by atoms with E-state index in [0.29, 0.717) is 12.0 Å². The molecular formula is C19H26N2O3. The number of benzene rings is 1. The predicted molar refractivity (Wildman–Crippen MR) is 91.3 cm³/mol. The van der Waals surface area contributed by atoms with Crippen LogP contribution in [0.15, 0.2) is 30.3 Å². The smallest absolute Gasteiger partial charge is 0.254 e. The van der Waals surface area contributed by atoms with Gasteiger partial charge in [-0.15, -0.1) is 0 Å². The van der Waals surface area contributed by atoms with E-state index in [9.17, 15) is 9.59 Å². The molecule has 2 atom stereocenters. The van der Waals surface area contributed by atoms with E-state index < -0.39 is 12.1 Å². The Labute approximate surface area is 143 Å². The lowest BCUT2D eigenvalue weighted by atomic mass is 9.98. The molecule has 0 spiro atoms. The number of hydrogen-bond donors (Lipinski definition) is 1. The molecule has 1 aromatic carbocycles. The highest BCUT2D eigenvalue weighted by Crippen LogP contribution is 2.31. The third-order valence-corrected chi connectivity index (χ3v) is 4.63. The molecule has 2 fully saturated rings. The van der Waals surface area contributed by atoms with Crippen LogP contribution in [0.5, 0.6) is 0 Å². The zero-order valence-electron chi connectivity index (χ0n) is 14.4. The van der Waals surface area contributed by atoms with Gasteiger partial charge in [0.1, 0.15) is 6.61 Å². The molecule has 130 valence electrons. The molecule has 1 N–H and O–H groups in total. The van der Waals surface area contributed by atoms with Crippen LogP contribution in [0.1, 0.15) is 44.7 Å². The predicted octanol–water partition coefficient (Wildman–Crippen LogP) is 2.28. The van der Waals surface area contributed by atoms with Crippen LogP contribution < -0.4 is 5.32 Å². The number of nitrogens with zero attached hydrogens (tertiary/aromatic N) is 1. The number of morpholine rings is 1. The molecule has 5 heteroatoms. The molecule has 24 heavy (non-hydrogen) atoms. The van der Waals surface area contributed by atoms with Gasteiger partial charge in [-0.2, -0.15) is 0 Å². The van der Waals surface area contributed by atoms with E-state index in [1.54, 1.807) is 0 Å². The molecule has 5 nitrogen and oxygen atoms in total. The van der Waals surface area contributed by atoms with E-state index in [1.807, 2.05) is 35.2 Å². The monoisotopic (exact) mass is 330 g/mol. The molecule has 2 amide bonds. The fourth-order valence-corrected chi connectivity index (χ4v) is 3.10. The first-order valence-electron chi connectivity index (χ1n) is 8.82. The Morgan fingerprint density at radius 1 is 1.29 bits per heavy atom. The summed E-state index contributed by atoms with van der Waals surface area (Å²) in [6.45, 7) is 5.04. The fraction of sp³-hybridized carbons (Fsp3) is 0.579. The van der Waals surface area contributed by atoms with E-state index in [-0.39, 0.29) is 18.4 Å². The minimum absolute atomic E-state index is 0.00648. The lowest BCUT2D eigenvalue weighted by Crippen LogP contribution is -2.54. The Balaban J connectivity index is 1.78. The van der Waals surface area contributed by atoms with E-state index in [2.05, 4.69) is 19.2 Å². The maximum absolute atomic E-state index is 13.1. The minimum Gasteiger partial charge on any atom is -0.356 e. The van der Waals surface area contributed by atoms with E-state index in [0.717, 1.165) is 31.4 Å². The fourth-order valence-electron chi connectivity index (χ4n) is 3.10. The number of ether oxygens (including phenoxy) is 1. The third kappa shape index (κ3) is 3.96. The van der Waals surface area contributed by atoms with E-state index in [1.165, 1.54) is 0 Å². The zero-order chi connectivity index (χ0) is 17.1. The van der Waals surface area contributed by atoms with Gasteiger partial charge in [0.15, 0.2) is 6.10 Å². The number of hydrogen-bond acceptors (Lipinski definition) is 3. The molecule has 1 heterocycles. The Hall–Kier alpha value is -1.88. The van der Waals surface area contributed by atoms with Crippen molar-refractivity contribution in [3.05, 3.63) is 35.9 Å². The van der Waals surface area contributed by atoms with Crippen molar-refractivity contribution in [1.82, 2.24) is 10.2 Å². The normalized spacial score (nSPS) is 23.9. The first-order chi connectivity index (χ1) is 11.6. The van der Waals surface area contributed by atoms with Crippen molar-refractivity contribution in [2.24, 2.45) is 5.92 Å². The standard InChI is InChI=1S/C19H26N2O3/c1-13(2)10-11-21(15-8-9-15)19(23)18-17(20-16(22)12-24-18)14-6-4-3-5-7-14/h3-7,13,15,17-18H,8-12H2,1-2H3,(H,20,22). The summed E-state index contributed by atoms with van der Waals surface area (Å²) in [6.07, 6.45) is 2.48. The lowest BCUT2D eigenvalue weighted by Gasteiger charge is -2.35. The summed E-state index contributed by atoms with van der Waals surface area (Å²) < 4.78 is 5.68. The third-order valence-electron chi connectivity index (χ3n) is 4.63. The van der Waals surface area contributed by atoms with Crippen LogP contribution in [0.2, 0.25) is 0 Å². The summed E-state index contributed by atoms with van der Waals surface area (Å²) >= 11 is 0. The van der Waals surface area contributed by atoms with Crippen LogP contribution in [0.4, 0.5) is 0 Å². The summed E-state index contributed by atoms with van der Waals surface area (Å²) in [5.74, 6) is 0.385. The van der Waals surface area contributed by atoms with Crippen LogP contribution in [0, 0.1) is 5.92 Å². The van der Waals surface area contributed by atoms with Gasteiger partial charge in [-0.3, -0.25) is 9.59 Å². The van der Waals surface area contributed by atoms with Gasteiger partial charge in [0.2, 0.25) is 5.91 Å². The quantitative estimate of drug-likeness (QED) is 0.870. The summed E-state index contributed by atoms with van der Waals surface area (Å²) in [7, 11) is 0. The van der Waals surface area contributed by atoms with Crippen LogP contribution >= 0.6 is 0 Å². The number of amides is 2. The van der Waals surface area contributed by atoms with E-state index in [4.69, 9.17) is 4.74 Å². The average molecular weight is 330 g/mol. The highest BCUT2D eigenvalue weighted by molar-refractivity contribution is 5.86. The molecule has 1 saturated carbocycles. The van der Waals surface area contributed by atoms with E-state index >= 15 is 0 Å². The first-order valence-corrected chi connectivity index (χ1v) is 8.82. The minimum atomic E-state index is -0.641. The maximum Gasteiger partial charge on any atom is 0.254 e. The van der Waals surface area contributed by atoms with Gasteiger partial charge in [0, 0.05) is 12.6 Å². The Morgan fingerprint density at radius 2 is 2.00 bits per heavy atom. The van der Waals surface area contributed by atoms with Gasteiger partial charge in [0.25, 0.3) is 5.91 Å². The Morgan fingerprint density at radius 3 is 2.62 bits per heavy atom. The highest BCUT2D eigenvalue weighted by Gasteiger charge is 2.42. The van der Waals surface area contributed by atoms with Gasteiger partial charge in [-0.05, 0) is 30.7 Å². The Bertz CT molecular complexity index is 584. The number of rotatable bonds is 6. The second-order valence-electron chi connectivity index (χ2n) is 7.13. The van der Waals surface area contributed by atoms with Gasteiger partial charge < -0.3 is 15.0 Å². The molecule has 1 aliphatic carbocycles. The average Bonchev–Trinajstić information content (AvgIpc) is 3.40. The van der Waals surface area contributed by atoms with Crippen molar-refractivity contribution in [2.75, 3.05) is 13.2 Å². The van der Waals surface area contributed by atoms with Gasteiger partial charge in [0.05, 0.1) is 6.04 Å². The molecule has 1 aromatic rings. The highest BCUT2D eigenvalue weighted by atomic mass is 16.5.